The third-order valence-corrected chi connectivity index (χ3v) is 2.46. The first kappa shape index (κ1) is 14.8. The van der Waals surface area contributed by atoms with Crippen LogP contribution in [0, 0.1) is 0 Å². The molecule has 0 spiro atoms. The fourth-order valence-corrected chi connectivity index (χ4v) is 1.21. The zero-order valence-electron chi connectivity index (χ0n) is 10.5. The summed E-state index contributed by atoms with van der Waals surface area (Å²) in [4.78, 5) is 0. The molecular formula is C11H26N2O2. The first-order valence-electron chi connectivity index (χ1n) is 5.70. The summed E-state index contributed by atoms with van der Waals surface area (Å²) in [5.41, 5.74) is 0. The van der Waals surface area contributed by atoms with Gasteiger partial charge in [0, 0.05) is 39.9 Å². The van der Waals surface area contributed by atoms with Crippen molar-refractivity contribution in [1.82, 2.24) is 10.6 Å². The number of hydrogen-bond donors (Lipinski definition) is 2. The van der Waals surface area contributed by atoms with Gasteiger partial charge in [-0.1, -0.05) is 6.92 Å². The van der Waals surface area contributed by atoms with Crippen molar-refractivity contribution < 1.29 is 9.47 Å². The molecule has 0 saturated carbocycles. The predicted octanol–water partition coefficient (Wildman–Crippen LogP) is 0.626. The van der Waals surface area contributed by atoms with Crippen molar-refractivity contribution in [3.05, 3.63) is 0 Å². The molecule has 4 heteroatoms. The molecule has 0 aliphatic carbocycles. The maximum Gasteiger partial charge on any atom is 0.0928 e. The van der Waals surface area contributed by atoms with E-state index in [9.17, 15) is 0 Å². The van der Waals surface area contributed by atoms with Crippen LogP contribution in [0.15, 0.2) is 0 Å². The third-order valence-electron chi connectivity index (χ3n) is 2.46. The maximum atomic E-state index is 5.23. The Labute approximate surface area is 93.7 Å². The van der Waals surface area contributed by atoms with Gasteiger partial charge < -0.3 is 20.1 Å². The Morgan fingerprint density at radius 2 is 1.93 bits per heavy atom. The van der Waals surface area contributed by atoms with Crippen LogP contribution in [-0.2, 0) is 9.47 Å². The van der Waals surface area contributed by atoms with Gasteiger partial charge in [-0.2, -0.15) is 0 Å². The van der Waals surface area contributed by atoms with E-state index in [-0.39, 0.29) is 6.10 Å². The van der Waals surface area contributed by atoms with E-state index in [2.05, 4.69) is 24.5 Å². The van der Waals surface area contributed by atoms with Crippen molar-refractivity contribution in [2.75, 3.05) is 40.5 Å². The smallest absolute Gasteiger partial charge is 0.0928 e. The second kappa shape index (κ2) is 10.4. The lowest BCUT2D eigenvalue weighted by Crippen LogP contribution is -2.37. The Kier molecular flexibility index (Phi) is 10.3. The Hall–Kier alpha value is -0.160. The van der Waals surface area contributed by atoms with Crippen LogP contribution in [-0.4, -0.2) is 52.6 Å². The summed E-state index contributed by atoms with van der Waals surface area (Å²) in [6, 6.07) is 0.601. The van der Waals surface area contributed by atoms with Gasteiger partial charge in [-0.3, -0.25) is 0 Å². The summed E-state index contributed by atoms with van der Waals surface area (Å²) in [6.07, 6.45) is 1.32. The van der Waals surface area contributed by atoms with E-state index in [4.69, 9.17) is 9.47 Å². The van der Waals surface area contributed by atoms with Crippen LogP contribution < -0.4 is 10.6 Å². The number of rotatable bonds is 10. The monoisotopic (exact) mass is 218 g/mol. The summed E-state index contributed by atoms with van der Waals surface area (Å²) in [5, 5.41) is 6.75. The van der Waals surface area contributed by atoms with Crippen LogP contribution in [0.3, 0.4) is 0 Å². The van der Waals surface area contributed by atoms with Crippen molar-refractivity contribution in [2.45, 2.75) is 32.4 Å². The molecular weight excluding hydrogens is 192 g/mol. The lowest BCUT2D eigenvalue weighted by Gasteiger charge is -2.16. The molecule has 0 aromatic heterocycles. The van der Waals surface area contributed by atoms with Crippen LogP contribution in [0.2, 0.25) is 0 Å². The normalized spacial score (nSPS) is 15.2. The van der Waals surface area contributed by atoms with Gasteiger partial charge in [-0.15, -0.1) is 0 Å². The molecule has 0 amide bonds. The Bertz CT molecular complexity index is 134. The molecule has 4 nitrogen and oxygen atoms in total. The minimum Gasteiger partial charge on any atom is -0.382 e. The fraction of sp³-hybridized carbons (Fsp3) is 1.00. The molecule has 0 aromatic rings. The van der Waals surface area contributed by atoms with Gasteiger partial charge in [0.1, 0.15) is 0 Å². The van der Waals surface area contributed by atoms with Crippen molar-refractivity contribution in [3.63, 3.8) is 0 Å². The summed E-state index contributed by atoms with van der Waals surface area (Å²) >= 11 is 0. The van der Waals surface area contributed by atoms with E-state index in [1.165, 1.54) is 6.42 Å². The average molecular weight is 218 g/mol. The van der Waals surface area contributed by atoms with Gasteiger partial charge in [0.2, 0.25) is 0 Å². The molecule has 0 saturated heterocycles. The van der Waals surface area contributed by atoms with E-state index in [0.717, 1.165) is 19.6 Å². The van der Waals surface area contributed by atoms with Gasteiger partial charge in [-0.25, -0.2) is 0 Å². The molecule has 0 rings (SSSR count). The molecule has 0 radical (unpaired) electrons. The minimum atomic E-state index is 0.151. The summed E-state index contributed by atoms with van der Waals surface area (Å²) in [6.45, 7) is 7.83. The van der Waals surface area contributed by atoms with Crippen LogP contribution in [0.25, 0.3) is 0 Å². The lowest BCUT2D eigenvalue weighted by atomic mass is 10.2. The fourth-order valence-electron chi connectivity index (χ4n) is 1.21. The third kappa shape index (κ3) is 8.81. The van der Waals surface area contributed by atoms with Crippen molar-refractivity contribution >= 4 is 0 Å². The predicted molar refractivity (Wildman–Crippen MR) is 63.3 cm³/mol. The van der Waals surface area contributed by atoms with Crippen molar-refractivity contribution in [2.24, 2.45) is 0 Å². The Morgan fingerprint density at radius 3 is 2.47 bits per heavy atom. The van der Waals surface area contributed by atoms with E-state index in [1.54, 1.807) is 14.2 Å². The molecule has 2 N–H and O–H groups in total. The second-order valence-electron chi connectivity index (χ2n) is 3.78. The number of hydrogen-bond acceptors (Lipinski definition) is 4. The van der Waals surface area contributed by atoms with E-state index < -0.39 is 0 Å². The van der Waals surface area contributed by atoms with Crippen molar-refractivity contribution in [3.8, 4) is 0 Å². The topological polar surface area (TPSA) is 42.5 Å². The highest BCUT2D eigenvalue weighted by molar-refractivity contribution is 4.63. The van der Waals surface area contributed by atoms with Crippen LogP contribution in [0.4, 0.5) is 0 Å². The molecule has 0 aliphatic heterocycles. The first-order valence-corrected chi connectivity index (χ1v) is 5.70. The molecule has 0 fully saturated rings. The zero-order chi connectivity index (χ0) is 11.5. The van der Waals surface area contributed by atoms with Crippen molar-refractivity contribution in [1.29, 1.82) is 0 Å². The Balaban J connectivity index is 3.28. The first-order chi connectivity index (χ1) is 7.24. The van der Waals surface area contributed by atoms with Gasteiger partial charge >= 0.3 is 0 Å². The number of nitrogens with one attached hydrogen (secondary N) is 2. The van der Waals surface area contributed by atoms with Gasteiger partial charge in [0.25, 0.3) is 0 Å². The Morgan fingerprint density at radius 1 is 1.20 bits per heavy atom. The van der Waals surface area contributed by atoms with Gasteiger partial charge in [0.05, 0.1) is 12.7 Å². The number of methoxy groups -OCH3 is 2. The van der Waals surface area contributed by atoms with Gasteiger partial charge in [-0.05, 0) is 13.3 Å². The molecule has 2 unspecified atom stereocenters. The highest BCUT2D eigenvalue weighted by atomic mass is 16.5. The maximum absolute atomic E-state index is 5.23. The van der Waals surface area contributed by atoms with Crippen LogP contribution in [0.5, 0.6) is 0 Å². The number of ether oxygens (including phenoxy) is 2. The molecule has 0 bridgehead atoms. The molecule has 2 atom stereocenters. The van der Waals surface area contributed by atoms with E-state index in [1.807, 2.05) is 0 Å². The van der Waals surface area contributed by atoms with Gasteiger partial charge in [0.15, 0.2) is 0 Å². The lowest BCUT2D eigenvalue weighted by molar-refractivity contribution is 0.0291. The largest absolute Gasteiger partial charge is 0.382 e. The van der Waals surface area contributed by atoms with E-state index >= 15 is 0 Å². The standard InChI is InChI=1S/C11H26N2O2/c1-5-10(2)13-7-6-12-8-11(15-4)9-14-3/h10-13H,5-9H2,1-4H3. The van der Waals surface area contributed by atoms with Crippen LogP contribution in [0.1, 0.15) is 20.3 Å². The molecule has 92 valence electrons. The quantitative estimate of drug-likeness (QED) is 0.528. The molecule has 0 aliphatic rings. The molecule has 0 aromatic carbocycles. The second-order valence-corrected chi connectivity index (χ2v) is 3.78. The average Bonchev–Trinajstić information content (AvgIpc) is 2.26. The summed E-state index contributed by atoms with van der Waals surface area (Å²) < 4.78 is 10.3. The highest BCUT2D eigenvalue weighted by Crippen LogP contribution is 1.88. The summed E-state index contributed by atoms with van der Waals surface area (Å²) in [7, 11) is 3.40. The minimum absolute atomic E-state index is 0.151. The molecule has 15 heavy (non-hydrogen) atoms. The summed E-state index contributed by atoms with van der Waals surface area (Å²) in [5.74, 6) is 0. The van der Waals surface area contributed by atoms with E-state index in [0.29, 0.717) is 12.6 Å². The SMILES string of the molecule is CCC(C)NCCNCC(COC)OC. The molecule has 0 heterocycles. The van der Waals surface area contributed by atoms with Crippen LogP contribution >= 0.6 is 0 Å². The zero-order valence-corrected chi connectivity index (χ0v) is 10.5. The highest BCUT2D eigenvalue weighted by Gasteiger charge is 2.05.